The average Bonchev–Trinajstić information content (AvgIpc) is 3.31. The molecule has 1 aromatic heterocycles. The number of hydrogen-bond donors (Lipinski definition) is 2. The molecule has 0 aliphatic rings. The molecule has 0 aliphatic carbocycles. The zero-order chi connectivity index (χ0) is 23.9. The van der Waals surface area contributed by atoms with Crippen molar-refractivity contribution in [2.75, 3.05) is 26.6 Å². The van der Waals surface area contributed by atoms with Gasteiger partial charge in [-0.05, 0) is 41.5 Å². The number of rotatable bonds is 9. The van der Waals surface area contributed by atoms with Crippen LogP contribution in [0.4, 0.5) is 5.69 Å². The summed E-state index contributed by atoms with van der Waals surface area (Å²) in [5.41, 5.74) is 4.43. The van der Waals surface area contributed by atoms with Gasteiger partial charge < -0.3 is 24.5 Å². The van der Waals surface area contributed by atoms with E-state index in [1.807, 2.05) is 72.8 Å². The molecule has 0 amide bonds. The Morgan fingerprint density at radius 1 is 0.853 bits per heavy atom. The summed E-state index contributed by atoms with van der Waals surface area (Å²) in [7, 11) is 4.77. The van der Waals surface area contributed by atoms with Gasteiger partial charge in [-0.2, -0.15) is 0 Å². The Morgan fingerprint density at radius 2 is 1.53 bits per heavy atom. The van der Waals surface area contributed by atoms with Gasteiger partial charge in [-0.15, -0.1) is 0 Å². The Balaban J connectivity index is 1.40. The number of para-hydroxylation sites is 1. The first-order chi connectivity index (χ1) is 16.6. The summed E-state index contributed by atoms with van der Waals surface area (Å²) < 4.78 is 16.2. The lowest BCUT2D eigenvalue weighted by Gasteiger charge is -2.12. The predicted molar refractivity (Wildman–Crippen MR) is 137 cm³/mol. The topological polar surface area (TPSA) is 72.6 Å². The standard InChI is InChI=1S/C28H26N2O4/c1-32-26-16-20(17-27(33-2)28(26)34-3)9-8-19-10-12-21(13-11-19)29-15-14-25(31)23-18-30-24-7-5-4-6-22(23)24/h4-18,29-30H,1-3H3. The Kier molecular flexibility index (Phi) is 6.98. The third kappa shape index (κ3) is 4.96. The van der Waals surface area contributed by atoms with Crippen molar-refractivity contribution in [3.8, 4) is 17.2 Å². The molecule has 0 spiro atoms. The van der Waals surface area contributed by atoms with Gasteiger partial charge in [0, 0.05) is 40.6 Å². The molecule has 0 saturated heterocycles. The zero-order valence-electron chi connectivity index (χ0n) is 19.3. The van der Waals surface area contributed by atoms with E-state index in [1.54, 1.807) is 33.7 Å². The first kappa shape index (κ1) is 22.7. The van der Waals surface area contributed by atoms with Crippen LogP contribution >= 0.6 is 0 Å². The summed E-state index contributed by atoms with van der Waals surface area (Å²) in [6.45, 7) is 0. The van der Waals surface area contributed by atoms with E-state index >= 15 is 0 Å². The van der Waals surface area contributed by atoms with Crippen molar-refractivity contribution in [2.24, 2.45) is 0 Å². The largest absolute Gasteiger partial charge is 0.493 e. The molecule has 6 heteroatoms. The number of benzene rings is 3. The van der Waals surface area contributed by atoms with Gasteiger partial charge in [-0.1, -0.05) is 42.5 Å². The molecular weight excluding hydrogens is 428 g/mol. The van der Waals surface area contributed by atoms with E-state index in [1.165, 1.54) is 6.08 Å². The van der Waals surface area contributed by atoms with Gasteiger partial charge in [-0.3, -0.25) is 4.79 Å². The number of aromatic nitrogens is 1. The van der Waals surface area contributed by atoms with Crippen LogP contribution in [0.25, 0.3) is 23.1 Å². The molecular formula is C28H26N2O4. The van der Waals surface area contributed by atoms with Gasteiger partial charge in [0.1, 0.15) is 0 Å². The molecule has 0 saturated carbocycles. The number of hydrogen-bond acceptors (Lipinski definition) is 5. The molecule has 172 valence electrons. The van der Waals surface area contributed by atoms with Crippen LogP contribution in [0.5, 0.6) is 17.2 Å². The van der Waals surface area contributed by atoms with Crippen LogP contribution in [0.3, 0.4) is 0 Å². The number of allylic oxidation sites excluding steroid dienone is 1. The number of methoxy groups -OCH3 is 3. The number of nitrogens with one attached hydrogen (secondary N) is 2. The van der Waals surface area contributed by atoms with Gasteiger partial charge in [0.15, 0.2) is 17.3 Å². The van der Waals surface area contributed by atoms with Crippen molar-refractivity contribution >= 4 is 34.5 Å². The van der Waals surface area contributed by atoms with Gasteiger partial charge in [-0.25, -0.2) is 0 Å². The summed E-state index contributed by atoms with van der Waals surface area (Å²) in [4.78, 5) is 15.7. The number of anilines is 1. The maximum absolute atomic E-state index is 12.5. The highest BCUT2D eigenvalue weighted by atomic mass is 16.5. The second-order valence-corrected chi connectivity index (χ2v) is 7.50. The summed E-state index contributed by atoms with van der Waals surface area (Å²) in [6, 6.07) is 19.4. The molecule has 0 aliphatic heterocycles. The number of fused-ring (bicyclic) bond motifs is 1. The molecule has 0 unspecified atom stereocenters. The zero-order valence-corrected chi connectivity index (χ0v) is 19.3. The van der Waals surface area contributed by atoms with E-state index in [0.29, 0.717) is 22.8 Å². The van der Waals surface area contributed by atoms with Crippen LogP contribution in [-0.4, -0.2) is 32.1 Å². The fourth-order valence-electron chi connectivity index (χ4n) is 3.66. The molecule has 0 radical (unpaired) electrons. The Hall–Kier alpha value is -4.45. The lowest BCUT2D eigenvalue weighted by molar-refractivity contribution is 0.104. The quantitative estimate of drug-likeness (QED) is 0.180. The monoisotopic (exact) mass is 454 g/mol. The molecule has 3 aromatic carbocycles. The van der Waals surface area contributed by atoms with Crippen molar-refractivity contribution in [1.29, 1.82) is 0 Å². The maximum atomic E-state index is 12.5. The minimum Gasteiger partial charge on any atom is -0.493 e. The number of ketones is 1. The molecule has 2 N–H and O–H groups in total. The number of ether oxygens (including phenoxy) is 3. The van der Waals surface area contributed by atoms with E-state index in [-0.39, 0.29) is 5.78 Å². The molecule has 34 heavy (non-hydrogen) atoms. The Bertz CT molecular complexity index is 1330. The van der Waals surface area contributed by atoms with Crippen LogP contribution in [0.15, 0.2) is 79.1 Å². The van der Waals surface area contributed by atoms with Crippen LogP contribution in [0, 0.1) is 0 Å². The normalized spacial score (nSPS) is 11.3. The first-order valence-electron chi connectivity index (χ1n) is 10.7. The summed E-state index contributed by atoms with van der Waals surface area (Å²) >= 11 is 0. The lowest BCUT2D eigenvalue weighted by atomic mass is 10.1. The maximum Gasteiger partial charge on any atom is 0.203 e. The van der Waals surface area contributed by atoms with Crippen molar-refractivity contribution in [2.45, 2.75) is 0 Å². The Labute approximate surface area is 198 Å². The van der Waals surface area contributed by atoms with Crippen LogP contribution in [0.2, 0.25) is 0 Å². The predicted octanol–water partition coefficient (Wildman–Crippen LogP) is 6.17. The summed E-state index contributed by atoms with van der Waals surface area (Å²) in [6.07, 6.45) is 8.92. The third-order valence-corrected chi connectivity index (χ3v) is 5.41. The molecule has 1 heterocycles. The van der Waals surface area contributed by atoms with Crippen LogP contribution < -0.4 is 19.5 Å². The number of carbonyl (C=O) groups excluding carboxylic acids is 1. The second kappa shape index (κ2) is 10.4. The first-order valence-corrected chi connectivity index (χ1v) is 10.7. The number of carbonyl (C=O) groups is 1. The highest BCUT2D eigenvalue weighted by Gasteiger charge is 2.12. The molecule has 4 rings (SSSR count). The van der Waals surface area contributed by atoms with Gasteiger partial charge in [0.05, 0.1) is 21.3 Å². The van der Waals surface area contributed by atoms with Crippen LogP contribution in [-0.2, 0) is 0 Å². The third-order valence-electron chi connectivity index (χ3n) is 5.41. The lowest BCUT2D eigenvalue weighted by Crippen LogP contribution is -1.95. The average molecular weight is 455 g/mol. The SMILES string of the molecule is COc1cc(C=Cc2ccc(NC=CC(=O)c3c[nH]c4ccccc34)cc2)cc(OC)c1OC. The second-order valence-electron chi connectivity index (χ2n) is 7.50. The minimum atomic E-state index is -0.0603. The Morgan fingerprint density at radius 3 is 2.21 bits per heavy atom. The molecule has 0 fully saturated rings. The summed E-state index contributed by atoms with van der Waals surface area (Å²) in [5.74, 6) is 1.72. The highest BCUT2D eigenvalue weighted by Crippen LogP contribution is 2.38. The van der Waals surface area contributed by atoms with Crippen LogP contribution in [0.1, 0.15) is 21.5 Å². The van der Waals surface area contributed by atoms with E-state index in [4.69, 9.17) is 14.2 Å². The molecule has 0 atom stereocenters. The smallest absolute Gasteiger partial charge is 0.203 e. The molecule has 4 aromatic rings. The number of aromatic amines is 1. The highest BCUT2D eigenvalue weighted by molar-refractivity contribution is 6.13. The van der Waals surface area contributed by atoms with E-state index in [2.05, 4.69) is 10.3 Å². The summed E-state index contributed by atoms with van der Waals surface area (Å²) in [5, 5.41) is 4.06. The molecule has 6 nitrogen and oxygen atoms in total. The van der Waals surface area contributed by atoms with E-state index in [0.717, 1.165) is 27.7 Å². The molecule has 0 bridgehead atoms. The van der Waals surface area contributed by atoms with Gasteiger partial charge >= 0.3 is 0 Å². The van der Waals surface area contributed by atoms with Gasteiger partial charge in [0.2, 0.25) is 5.75 Å². The van der Waals surface area contributed by atoms with E-state index < -0.39 is 0 Å². The van der Waals surface area contributed by atoms with Crippen molar-refractivity contribution in [3.63, 3.8) is 0 Å². The van der Waals surface area contributed by atoms with Gasteiger partial charge in [0.25, 0.3) is 0 Å². The van der Waals surface area contributed by atoms with E-state index in [9.17, 15) is 4.79 Å². The van der Waals surface area contributed by atoms with Crippen molar-refractivity contribution in [1.82, 2.24) is 4.98 Å². The fourth-order valence-corrected chi connectivity index (χ4v) is 3.66. The fraction of sp³-hybridized carbons (Fsp3) is 0.107. The number of H-pyrrole nitrogens is 1. The minimum absolute atomic E-state index is 0.0603. The van der Waals surface area contributed by atoms with Crippen molar-refractivity contribution in [3.05, 3.63) is 95.8 Å². The van der Waals surface area contributed by atoms with Crippen molar-refractivity contribution < 1.29 is 19.0 Å².